The average Bonchev–Trinajstić information content (AvgIpc) is 2.81. The third-order valence-corrected chi connectivity index (χ3v) is 5.57. The van der Waals surface area contributed by atoms with Crippen molar-refractivity contribution in [2.75, 3.05) is 12.8 Å². The maximum atomic E-state index is 5.79. The van der Waals surface area contributed by atoms with Gasteiger partial charge in [-0.05, 0) is 49.0 Å². The molecule has 3 fully saturated rings. The van der Waals surface area contributed by atoms with Crippen LogP contribution in [0.4, 0.5) is 5.69 Å². The molecule has 2 bridgehead atoms. The van der Waals surface area contributed by atoms with Gasteiger partial charge in [-0.2, -0.15) is 0 Å². The highest BCUT2D eigenvalue weighted by molar-refractivity contribution is 5.48. The number of hydrogen-bond acceptors (Lipinski definition) is 3. The van der Waals surface area contributed by atoms with Gasteiger partial charge in [0.2, 0.25) is 0 Å². The molecule has 3 saturated carbocycles. The van der Waals surface area contributed by atoms with Gasteiger partial charge in [-0.15, -0.1) is 0 Å². The molecule has 4 rings (SSSR count). The Labute approximate surface area is 114 Å². The normalized spacial score (nSPS) is 38.3. The fourth-order valence-corrected chi connectivity index (χ4v) is 4.73. The summed E-state index contributed by atoms with van der Waals surface area (Å²) in [5.41, 5.74) is 7.77. The number of ether oxygens (including phenoxy) is 1. The minimum atomic E-state index is 0.766. The summed E-state index contributed by atoms with van der Waals surface area (Å²) in [7, 11) is 1.71. The molecule has 102 valence electrons. The lowest BCUT2D eigenvalue weighted by Gasteiger charge is -2.13. The van der Waals surface area contributed by atoms with Gasteiger partial charge in [0.05, 0.1) is 7.11 Å². The van der Waals surface area contributed by atoms with E-state index in [2.05, 4.69) is 11.4 Å². The van der Waals surface area contributed by atoms with Gasteiger partial charge in [0.25, 0.3) is 0 Å². The summed E-state index contributed by atoms with van der Waals surface area (Å²) in [6.45, 7) is 0.903. The van der Waals surface area contributed by atoms with Crippen LogP contribution in [0.15, 0.2) is 18.2 Å². The number of nitrogens with one attached hydrogen (secondary N) is 1. The largest absolute Gasteiger partial charge is 0.496 e. The van der Waals surface area contributed by atoms with E-state index in [0.29, 0.717) is 0 Å². The van der Waals surface area contributed by atoms with Crippen molar-refractivity contribution in [2.45, 2.75) is 31.8 Å². The van der Waals surface area contributed by atoms with Gasteiger partial charge in [-0.3, -0.25) is 0 Å². The first-order valence-corrected chi connectivity index (χ1v) is 7.43. The number of nitrogens with two attached hydrogens (primary N) is 1. The van der Waals surface area contributed by atoms with Gasteiger partial charge in [0, 0.05) is 29.9 Å². The highest BCUT2D eigenvalue weighted by Crippen LogP contribution is 2.65. The van der Waals surface area contributed by atoms with Gasteiger partial charge < -0.3 is 15.8 Å². The fourth-order valence-electron chi connectivity index (χ4n) is 4.73. The third kappa shape index (κ3) is 1.75. The predicted molar refractivity (Wildman–Crippen MR) is 75.8 cm³/mol. The van der Waals surface area contributed by atoms with Crippen molar-refractivity contribution in [3.8, 4) is 5.75 Å². The van der Waals surface area contributed by atoms with E-state index in [4.69, 9.17) is 10.5 Å². The second-order valence-corrected chi connectivity index (χ2v) is 6.47. The van der Waals surface area contributed by atoms with Crippen molar-refractivity contribution in [3.05, 3.63) is 23.8 Å². The Morgan fingerprint density at radius 3 is 2.68 bits per heavy atom. The standard InChI is InChI=1S/C16H22N2O/c1-19-13-7-12(17)5-4-11(13)8-18-16-14-9-2-3-10(6-9)15(14)16/h4-5,7,9-10,14-16,18H,2-3,6,8,17H2,1H3. The van der Waals surface area contributed by atoms with Gasteiger partial charge >= 0.3 is 0 Å². The number of fused-ring (bicyclic) bond motifs is 5. The fraction of sp³-hybridized carbons (Fsp3) is 0.625. The number of rotatable bonds is 4. The van der Waals surface area contributed by atoms with Crippen LogP contribution in [0.1, 0.15) is 24.8 Å². The molecule has 3 nitrogen and oxygen atoms in total. The first kappa shape index (κ1) is 11.6. The molecule has 19 heavy (non-hydrogen) atoms. The first-order chi connectivity index (χ1) is 9.28. The Morgan fingerprint density at radius 2 is 2.00 bits per heavy atom. The number of methoxy groups -OCH3 is 1. The van der Waals surface area contributed by atoms with Crippen LogP contribution in [0.5, 0.6) is 5.75 Å². The summed E-state index contributed by atoms with van der Waals surface area (Å²) in [5.74, 6) is 4.93. The second-order valence-electron chi connectivity index (χ2n) is 6.47. The Kier molecular flexibility index (Phi) is 2.52. The summed E-state index contributed by atoms with van der Waals surface area (Å²) in [5, 5.41) is 3.75. The molecule has 0 radical (unpaired) electrons. The van der Waals surface area contributed by atoms with E-state index in [0.717, 1.165) is 47.7 Å². The molecule has 3 N–H and O–H groups in total. The summed E-state index contributed by atoms with van der Waals surface area (Å²) < 4.78 is 5.41. The number of hydrogen-bond donors (Lipinski definition) is 2. The molecule has 0 heterocycles. The Hall–Kier alpha value is -1.22. The molecular formula is C16H22N2O. The molecule has 4 atom stereocenters. The number of benzene rings is 1. The Bertz CT molecular complexity index is 486. The maximum absolute atomic E-state index is 5.79. The molecular weight excluding hydrogens is 236 g/mol. The zero-order chi connectivity index (χ0) is 13.0. The Balaban J connectivity index is 1.41. The highest BCUT2D eigenvalue weighted by atomic mass is 16.5. The van der Waals surface area contributed by atoms with Crippen molar-refractivity contribution in [1.29, 1.82) is 0 Å². The van der Waals surface area contributed by atoms with Crippen molar-refractivity contribution >= 4 is 5.69 Å². The maximum Gasteiger partial charge on any atom is 0.125 e. The molecule has 0 spiro atoms. The molecule has 3 heteroatoms. The van der Waals surface area contributed by atoms with Gasteiger partial charge in [-0.1, -0.05) is 6.07 Å². The van der Waals surface area contributed by atoms with Crippen LogP contribution >= 0.6 is 0 Å². The molecule has 1 aromatic rings. The van der Waals surface area contributed by atoms with Crippen molar-refractivity contribution in [1.82, 2.24) is 5.32 Å². The second kappa shape index (κ2) is 4.14. The zero-order valence-electron chi connectivity index (χ0n) is 11.4. The van der Waals surface area contributed by atoms with E-state index in [1.807, 2.05) is 12.1 Å². The molecule has 3 aliphatic carbocycles. The predicted octanol–water partition coefficient (Wildman–Crippen LogP) is 2.41. The monoisotopic (exact) mass is 258 g/mol. The summed E-state index contributed by atoms with van der Waals surface area (Å²) in [6.07, 6.45) is 4.48. The average molecular weight is 258 g/mol. The van der Waals surface area contributed by atoms with E-state index in [-0.39, 0.29) is 0 Å². The van der Waals surface area contributed by atoms with E-state index in [9.17, 15) is 0 Å². The molecule has 0 aliphatic heterocycles. The molecule has 1 aromatic carbocycles. The van der Waals surface area contributed by atoms with Crippen LogP contribution in [0.3, 0.4) is 0 Å². The summed E-state index contributed by atoms with van der Waals surface area (Å²) in [4.78, 5) is 0. The van der Waals surface area contributed by atoms with Gasteiger partial charge in [0.15, 0.2) is 0 Å². The quantitative estimate of drug-likeness (QED) is 0.815. The van der Waals surface area contributed by atoms with Crippen LogP contribution in [0.25, 0.3) is 0 Å². The summed E-state index contributed by atoms with van der Waals surface area (Å²) >= 11 is 0. The van der Waals surface area contributed by atoms with Crippen LogP contribution in [0.2, 0.25) is 0 Å². The lowest BCUT2D eigenvalue weighted by molar-refractivity contribution is 0.404. The Morgan fingerprint density at radius 1 is 1.26 bits per heavy atom. The third-order valence-electron chi connectivity index (χ3n) is 5.57. The van der Waals surface area contributed by atoms with Crippen LogP contribution < -0.4 is 15.8 Å². The number of nitrogen functional groups attached to an aromatic ring is 1. The van der Waals surface area contributed by atoms with Gasteiger partial charge in [-0.25, -0.2) is 0 Å². The molecule has 4 unspecified atom stereocenters. The van der Waals surface area contributed by atoms with E-state index in [1.165, 1.54) is 24.8 Å². The van der Waals surface area contributed by atoms with Crippen LogP contribution in [0, 0.1) is 23.7 Å². The highest BCUT2D eigenvalue weighted by Gasteiger charge is 2.64. The van der Waals surface area contributed by atoms with Crippen LogP contribution in [-0.4, -0.2) is 13.2 Å². The molecule has 0 aromatic heterocycles. The molecule has 3 aliphatic rings. The SMILES string of the molecule is COc1cc(N)ccc1CNC1C2C3CCC(C3)C12. The van der Waals surface area contributed by atoms with Crippen molar-refractivity contribution < 1.29 is 4.74 Å². The van der Waals surface area contributed by atoms with Crippen molar-refractivity contribution in [3.63, 3.8) is 0 Å². The lowest BCUT2D eigenvalue weighted by atomic mass is 10.0. The zero-order valence-corrected chi connectivity index (χ0v) is 11.4. The number of anilines is 1. The molecule has 0 saturated heterocycles. The summed E-state index contributed by atoms with van der Waals surface area (Å²) in [6, 6.07) is 6.72. The van der Waals surface area contributed by atoms with Crippen LogP contribution in [-0.2, 0) is 6.54 Å². The lowest BCUT2D eigenvalue weighted by Crippen LogP contribution is -2.22. The topological polar surface area (TPSA) is 47.3 Å². The van der Waals surface area contributed by atoms with Crippen molar-refractivity contribution in [2.24, 2.45) is 23.7 Å². The van der Waals surface area contributed by atoms with E-state index in [1.54, 1.807) is 7.11 Å². The molecule has 0 amide bonds. The minimum absolute atomic E-state index is 0.766. The first-order valence-electron chi connectivity index (χ1n) is 7.43. The van der Waals surface area contributed by atoms with Gasteiger partial charge in [0.1, 0.15) is 5.75 Å². The minimum Gasteiger partial charge on any atom is -0.496 e. The van der Waals surface area contributed by atoms with E-state index < -0.39 is 0 Å². The van der Waals surface area contributed by atoms with E-state index >= 15 is 0 Å². The smallest absolute Gasteiger partial charge is 0.125 e.